The number of carbonyl (C=O) groups excluding carboxylic acids is 2. The number of nitrogens with zero attached hydrogens (tertiary/aromatic N) is 3. The summed E-state index contributed by atoms with van der Waals surface area (Å²) in [4.78, 5) is 27.2. The second-order valence-electron chi connectivity index (χ2n) is 7.64. The van der Waals surface area contributed by atoms with E-state index < -0.39 is 6.04 Å². The normalized spacial score (nSPS) is 16.2. The number of hydrogen-bond donors (Lipinski definition) is 1. The smallest absolute Gasteiger partial charge is 0.245 e. The van der Waals surface area contributed by atoms with Crippen molar-refractivity contribution in [3.8, 4) is 0 Å². The lowest BCUT2D eigenvalue weighted by Crippen LogP contribution is -2.53. The number of nitrogens with one attached hydrogen (secondary N) is 1. The van der Waals surface area contributed by atoms with E-state index in [0.717, 1.165) is 17.9 Å². The molecule has 7 heteroatoms. The van der Waals surface area contributed by atoms with E-state index in [0.29, 0.717) is 19.0 Å². The first kappa shape index (κ1) is 20.4. The maximum absolute atomic E-state index is 13.0. The maximum Gasteiger partial charge on any atom is 0.245 e. The molecule has 6 nitrogen and oxygen atoms in total. The number of carbonyl (C=O) groups is 2. The highest BCUT2D eigenvalue weighted by Crippen LogP contribution is 2.29. The minimum Gasteiger partial charge on any atom is -0.342 e. The molecule has 0 spiro atoms. The summed E-state index contributed by atoms with van der Waals surface area (Å²) in [6.45, 7) is 5.42. The minimum absolute atomic E-state index is 0.00151. The van der Waals surface area contributed by atoms with Gasteiger partial charge in [0.1, 0.15) is 12.6 Å². The summed E-state index contributed by atoms with van der Waals surface area (Å²) in [5.74, 6) is 0.251. The number of hydrogen-bond acceptors (Lipinski definition) is 3. The van der Waals surface area contributed by atoms with Crippen LogP contribution in [0.2, 0.25) is 5.02 Å². The molecule has 1 atom stereocenters. The zero-order valence-corrected chi connectivity index (χ0v) is 17.1. The highest BCUT2D eigenvalue weighted by molar-refractivity contribution is 6.30. The topological polar surface area (TPSA) is 67.2 Å². The van der Waals surface area contributed by atoms with Gasteiger partial charge in [-0.2, -0.15) is 5.10 Å². The number of rotatable bonds is 6. The zero-order valence-electron chi connectivity index (χ0n) is 16.3. The Balaban J connectivity index is 1.56. The Morgan fingerprint density at radius 3 is 2.46 bits per heavy atom. The third-order valence-corrected chi connectivity index (χ3v) is 5.51. The van der Waals surface area contributed by atoms with E-state index in [2.05, 4.69) is 22.5 Å². The van der Waals surface area contributed by atoms with Crippen molar-refractivity contribution in [2.24, 2.45) is 5.92 Å². The van der Waals surface area contributed by atoms with Gasteiger partial charge in [-0.3, -0.25) is 14.3 Å². The van der Waals surface area contributed by atoms with E-state index in [4.69, 9.17) is 11.6 Å². The van der Waals surface area contributed by atoms with Crippen molar-refractivity contribution >= 4 is 23.4 Å². The monoisotopic (exact) mass is 402 g/mol. The third-order valence-electron chi connectivity index (χ3n) is 5.26. The largest absolute Gasteiger partial charge is 0.342 e. The first-order valence-electron chi connectivity index (χ1n) is 9.75. The molecule has 1 N–H and O–H groups in total. The molecule has 1 aliphatic heterocycles. The summed E-state index contributed by atoms with van der Waals surface area (Å²) in [6.07, 6.45) is 5.19. The van der Waals surface area contributed by atoms with E-state index in [9.17, 15) is 9.59 Å². The summed E-state index contributed by atoms with van der Waals surface area (Å²) < 4.78 is 1.55. The molecule has 0 aliphatic carbocycles. The molecule has 1 fully saturated rings. The molecule has 1 aromatic carbocycles. The fourth-order valence-corrected chi connectivity index (χ4v) is 3.76. The van der Waals surface area contributed by atoms with Crippen LogP contribution in [-0.4, -0.2) is 45.6 Å². The Bertz CT molecular complexity index is 781. The van der Waals surface area contributed by atoms with Crippen LogP contribution in [0.3, 0.4) is 0 Å². The zero-order chi connectivity index (χ0) is 20.1. The second-order valence-corrected chi connectivity index (χ2v) is 8.08. The van der Waals surface area contributed by atoms with Crippen LogP contribution in [0.25, 0.3) is 0 Å². The Hall–Kier alpha value is -2.34. The highest BCUT2D eigenvalue weighted by atomic mass is 35.5. The third kappa shape index (κ3) is 5.13. The Labute approximate surface area is 170 Å². The summed E-state index contributed by atoms with van der Waals surface area (Å²) in [6, 6.07) is 9.21. The van der Waals surface area contributed by atoms with Gasteiger partial charge in [0.15, 0.2) is 0 Å². The van der Waals surface area contributed by atoms with Gasteiger partial charge in [0.2, 0.25) is 11.8 Å². The fraction of sp³-hybridized carbons (Fsp3) is 0.476. The molecule has 2 heterocycles. The lowest BCUT2D eigenvalue weighted by Gasteiger charge is -2.35. The van der Waals surface area contributed by atoms with Gasteiger partial charge in [-0.25, -0.2) is 0 Å². The van der Waals surface area contributed by atoms with Gasteiger partial charge in [0, 0.05) is 30.5 Å². The molecule has 0 radical (unpaired) electrons. The molecule has 0 saturated carbocycles. The molecule has 150 valence electrons. The van der Waals surface area contributed by atoms with E-state index in [1.165, 1.54) is 5.56 Å². The van der Waals surface area contributed by atoms with Crippen LogP contribution < -0.4 is 5.32 Å². The van der Waals surface area contributed by atoms with Crippen molar-refractivity contribution in [3.63, 3.8) is 0 Å². The Kier molecular flexibility index (Phi) is 6.73. The lowest BCUT2D eigenvalue weighted by atomic mass is 9.89. The van der Waals surface area contributed by atoms with Gasteiger partial charge >= 0.3 is 0 Å². The summed E-state index contributed by atoms with van der Waals surface area (Å²) in [5.41, 5.74) is 1.27. The first-order chi connectivity index (χ1) is 13.4. The summed E-state index contributed by atoms with van der Waals surface area (Å²) >= 11 is 5.97. The SMILES string of the molecule is CC(C)[C@@H](NC(=O)Cn1cccn1)C(=O)N1CCC(c2ccc(Cl)cc2)CC1. The Morgan fingerprint density at radius 1 is 1.21 bits per heavy atom. The van der Waals surface area contributed by atoms with Crippen LogP contribution in [-0.2, 0) is 16.1 Å². The van der Waals surface area contributed by atoms with Gasteiger partial charge < -0.3 is 10.2 Å². The molecule has 2 aromatic rings. The molecular formula is C21H27ClN4O2. The molecule has 0 unspecified atom stereocenters. The van der Waals surface area contributed by atoms with Crippen LogP contribution in [0.15, 0.2) is 42.7 Å². The molecular weight excluding hydrogens is 376 g/mol. The number of halogens is 1. The first-order valence-corrected chi connectivity index (χ1v) is 10.1. The molecule has 3 rings (SSSR count). The summed E-state index contributed by atoms with van der Waals surface area (Å²) in [5, 5.41) is 7.67. The van der Waals surface area contributed by atoms with Gasteiger partial charge in [-0.1, -0.05) is 37.6 Å². The summed E-state index contributed by atoms with van der Waals surface area (Å²) in [7, 11) is 0. The van der Waals surface area contributed by atoms with Gasteiger partial charge in [-0.15, -0.1) is 0 Å². The predicted octanol–water partition coefficient (Wildman–Crippen LogP) is 3.08. The van der Waals surface area contributed by atoms with Crippen LogP contribution in [0.1, 0.15) is 38.2 Å². The number of aromatic nitrogens is 2. The quantitative estimate of drug-likeness (QED) is 0.807. The van der Waals surface area contributed by atoms with E-state index in [-0.39, 0.29) is 24.3 Å². The lowest BCUT2D eigenvalue weighted by molar-refractivity contribution is -0.138. The average Bonchev–Trinajstić information content (AvgIpc) is 3.19. The van der Waals surface area contributed by atoms with Crippen molar-refractivity contribution in [3.05, 3.63) is 53.3 Å². The van der Waals surface area contributed by atoms with Crippen molar-refractivity contribution in [2.75, 3.05) is 13.1 Å². The molecule has 1 aromatic heterocycles. The van der Waals surface area contributed by atoms with Crippen molar-refractivity contribution in [1.29, 1.82) is 0 Å². The molecule has 0 bridgehead atoms. The van der Waals surface area contributed by atoms with Crippen molar-refractivity contribution in [1.82, 2.24) is 20.0 Å². The molecule has 28 heavy (non-hydrogen) atoms. The van der Waals surface area contributed by atoms with Crippen molar-refractivity contribution in [2.45, 2.75) is 45.2 Å². The average molecular weight is 403 g/mol. The maximum atomic E-state index is 13.0. The number of piperidine rings is 1. The van der Waals surface area contributed by atoms with Crippen molar-refractivity contribution < 1.29 is 9.59 Å². The molecule has 1 saturated heterocycles. The molecule has 2 amide bonds. The minimum atomic E-state index is -0.518. The Morgan fingerprint density at radius 2 is 1.89 bits per heavy atom. The number of likely N-dealkylation sites (tertiary alicyclic amines) is 1. The fourth-order valence-electron chi connectivity index (χ4n) is 3.64. The molecule has 1 aliphatic rings. The van der Waals surface area contributed by atoms with Gasteiger partial charge in [-0.05, 0) is 48.4 Å². The van der Waals surface area contributed by atoms with Crippen LogP contribution >= 0.6 is 11.6 Å². The number of benzene rings is 1. The van der Waals surface area contributed by atoms with Gasteiger partial charge in [0.05, 0.1) is 0 Å². The van der Waals surface area contributed by atoms with E-state index in [1.54, 1.807) is 23.1 Å². The van der Waals surface area contributed by atoms with Crippen LogP contribution in [0.4, 0.5) is 0 Å². The highest BCUT2D eigenvalue weighted by Gasteiger charge is 2.31. The van der Waals surface area contributed by atoms with Crippen LogP contribution in [0.5, 0.6) is 0 Å². The van der Waals surface area contributed by atoms with E-state index in [1.807, 2.05) is 30.9 Å². The van der Waals surface area contributed by atoms with E-state index >= 15 is 0 Å². The van der Waals surface area contributed by atoms with Gasteiger partial charge in [0.25, 0.3) is 0 Å². The predicted molar refractivity (Wildman–Crippen MR) is 109 cm³/mol. The number of amides is 2. The standard InChI is InChI=1S/C21H27ClN4O2/c1-15(2)20(24-19(27)14-26-11-3-10-23-26)21(28)25-12-8-17(9-13-25)16-4-6-18(22)7-5-16/h3-7,10-11,15,17,20H,8-9,12-14H2,1-2H3,(H,24,27)/t20-/m1/s1. The second kappa shape index (κ2) is 9.24. The van der Waals surface area contributed by atoms with Crippen LogP contribution in [0, 0.1) is 5.92 Å².